The number of nitrogens with one attached hydrogen (secondary N) is 1. The van der Waals surface area contributed by atoms with E-state index in [2.05, 4.69) is 19.5 Å². The number of aliphatic hydroxyl groups is 1. The highest BCUT2D eigenvalue weighted by atomic mass is 32.2. The lowest BCUT2D eigenvalue weighted by molar-refractivity contribution is -0.245. The molecule has 5 heterocycles. The standard InChI is InChI=1S/C20H18N5O9PS/c26-12(27)8-36-20-22-13-16(25(20)18-14(28)15-11(33-18)7-32-35(30,31)34-15)23-19-21-10(6-24(19)17(13)29)9-4-2-1-3-5-9/h1-6,11,14-15,18,28H,7-8H2,(H,21,23)(H,26,27)(H,30,31)/p-1/t11?,14?,15-,18-/m1/s1. The molecule has 3 N–H and O–H groups in total. The average Bonchev–Trinajstić information content (AvgIpc) is 3.52. The van der Waals surface area contributed by atoms with E-state index in [1.54, 1.807) is 6.20 Å². The van der Waals surface area contributed by atoms with Gasteiger partial charge >= 0.3 is 5.97 Å². The Balaban J connectivity index is 1.50. The molecule has 2 aliphatic rings. The van der Waals surface area contributed by atoms with E-state index in [1.165, 1.54) is 8.97 Å². The van der Waals surface area contributed by atoms with Gasteiger partial charge in [0.15, 0.2) is 22.5 Å². The van der Waals surface area contributed by atoms with Gasteiger partial charge in [-0.25, -0.2) is 9.38 Å². The average molecular weight is 534 g/mol. The molecule has 0 spiro atoms. The number of aromatic amines is 1. The monoisotopic (exact) mass is 534 g/mol. The van der Waals surface area contributed by atoms with Crippen LogP contribution >= 0.6 is 19.6 Å². The molecule has 188 valence electrons. The van der Waals surface area contributed by atoms with Crippen molar-refractivity contribution in [2.24, 2.45) is 0 Å². The van der Waals surface area contributed by atoms with Crippen molar-refractivity contribution < 1.29 is 38.3 Å². The van der Waals surface area contributed by atoms with E-state index in [-0.39, 0.29) is 28.7 Å². The second kappa shape index (κ2) is 8.52. The van der Waals surface area contributed by atoms with Gasteiger partial charge in [-0.3, -0.25) is 18.7 Å². The molecule has 0 saturated carbocycles. The van der Waals surface area contributed by atoms with Gasteiger partial charge in [-0.2, -0.15) is 4.98 Å². The summed E-state index contributed by atoms with van der Waals surface area (Å²) >= 11 is 0.795. The largest absolute Gasteiger partial charge is 0.756 e. The van der Waals surface area contributed by atoms with Crippen molar-refractivity contribution in [1.82, 2.24) is 23.9 Å². The lowest BCUT2D eigenvalue weighted by Gasteiger charge is -2.34. The Hall–Kier alpha value is -3.04. The predicted octanol–water partition coefficient (Wildman–Crippen LogP) is 0.358. The molecule has 1 aromatic carbocycles. The molecule has 4 aromatic rings. The molecule has 3 aromatic heterocycles. The van der Waals surface area contributed by atoms with Gasteiger partial charge in [-0.05, 0) is 5.56 Å². The molecule has 2 aliphatic heterocycles. The van der Waals surface area contributed by atoms with Crippen LogP contribution in [0.4, 0.5) is 0 Å². The number of carbonyl (C=O) groups is 1. The number of carboxylic acid groups (broad SMARTS) is 1. The quantitative estimate of drug-likeness (QED) is 0.235. The van der Waals surface area contributed by atoms with E-state index >= 15 is 0 Å². The molecule has 0 aliphatic carbocycles. The lowest BCUT2D eigenvalue weighted by atomic mass is 10.1. The number of aliphatic carboxylic acids is 1. The number of fused-ring (bicyclic) bond motifs is 3. The van der Waals surface area contributed by atoms with E-state index in [9.17, 15) is 29.3 Å². The van der Waals surface area contributed by atoms with Crippen LogP contribution in [-0.2, 0) is 23.1 Å². The van der Waals surface area contributed by atoms with Crippen LogP contribution in [0.2, 0.25) is 0 Å². The second-order valence-corrected chi connectivity index (χ2v) is 10.4. The minimum absolute atomic E-state index is 0.0169. The van der Waals surface area contributed by atoms with E-state index in [1.807, 2.05) is 30.3 Å². The Morgan fingerprint density at radius 3 is 2.83 bits per heavy atom. The van der Waals surface area contributed by atoms with E-state index in [0.717, 1.165) is 17.3 Å². The van der Waals surface area contributed by atoms with Gasteiger partial charge in [-0.15, -0.1) is 0 Å². The Kier molecular flexibility index (Phi) is 5.53. The number of carboxylic acids is 1. The molecular weight excluding hydrogens is 517 g/mol. The second-order valence-electron chi connectivity index (χ2n) is 8.13. The van der Waals surface area contributed by atoms with E-state index in [0.29, 0.717) is 5.69 Å². The van der Waals surface area contributed by atoms with Crippen molar-refractivity contribution in [3.8, 4) is 11.3 Å². The number of thioether (sulfide) groups is 1. The molecule has 36 heavy (non-hydrogen) atoms. The summed E-state index contributed by atoms with van der Waals surface area (Å²) in [7, 11) is -4.62. The van der Waals surface area contributed by atoms with Crippen molar-refractivity contribution in [2.45, 2.75) is 29.7 Å². The zero-order chi connectivity index (χ0) is 25.2. The minimum atomic E-state index is -4.62. The van der Waals surface area contributed by atoms with Crippen LogP contribution in [0.3, 0.4) is 0 Å². The Morgan fingerprint density at radius 1 is 1.31 bits per heavy atom. The van der Waals surface area contributed by atoms with E-state index < -0.39 is 49.6 Å². The molecule has 0 bridgehead atoms. The third-order valence-corrected chi connectivity index (χ3v) is 7.75. The maximum Gasteiger partial charge on any atom is 0.313 e. The zero-order valence-electron chi connectivity index (χ0n) is 18.1. The topological polar surface area (TPSA) is 193 Å². The van der Waals surface area contributed by atoms with Gasteiger partial charge in [0.25, 0.3) is 13.4 Å². The number of imidazole rings is 2. The van der Waals surface area contributed by atoms with Crippen LogP contribution in [0.15, 0.2) is 46.5 Å². The van der Waals surface area contributed by atoms with Crippen molar-refractivity contribution in [3.63, 3.8) is 0 Å². The zero-order valence-corrected chi connectivity index (χ0v) is 19.8. The summed E-state index contributed by atoms with van der Waals surface area (Å²) in [4.78, 5) is 48.3. The number of ether oxygens (including phenoxy) is 1. The highest BCUT2D eigenvalue weighted by Crippen LogP contribution is 2.50. The Morgan fingerprint density at radius 2 is 2.08 bits per heavy atom. The number of phosphoric acid groups is 1. The first-order valence-corrected chi connectivity index (χ1v) is 13.1. The molecule has 5 atom stereocenters. The van der Waals surface area contributed by atoms with Gasteiger partial charge in [0.05, 0.1) is 18.1 Å². The number of rotatable bonds is 5. The van der Waals surface area contributed by atoms with Gasteiger partial charge in [-0.1, -0.05) is 42.1 Å². The third kappa shape index (κ3) is 3.85. The van der Waals surface area contributed by atoms with Crippen molar-refractivity contribution >= 4 is 42.5 Å². The van der Waals surface area contributed by atoms with Crippen LogP contribution in [0.1, 0.15) is 6.23 Å². The molecule has 2 saturated heterocycles. The number of hydrogen-bond acceptors (Lipinski definition) is 11. The summed E-state index contributed by atoms with van der Waals surface area (Å²) in [5.41, 5.74) is 0.843. The van der Waals surface area contributed by atoms with Crippen molar-refractivity contribution in [3.05, 3.63) is 46.9 Å². The summed E-state index contributed by atoms with van der Waals surface area (Å²) in [5.74, 6) is -1.35. The number of aromatic nitrogens is 5. The van der Waals surface area contributed by atoms with E-state index in [4.69, 9.17) is 9.26 Å². The van der Waals surface area contributed by atoms with Crippen LogP contribution in [0, 0.1) is 0 Å². The summed E-state index contributed by atoms with van der Waals surface area (Å²) in [6.45, 7) is -0.374. The number of hydrogen-bond donors (Lipinski definition) is 3. The summed E-state index contributed by atoms with van der Waals surface area (Å²) in [6.07, 6.45) is -3.40. The SMILES string of the molecule is O=C(O)CSc1nc2c(=O)n3cc(-c4ccccc4)[nH]c3nc2n1[C@@H]1OC2COP(=O)([O-])O[C@H]2C1O. The number of benzene rings is 1. The fourth-order valence-corrected chi connectivity index (χ4v) is 5.96. The van der Waals surface area contributed by atoms with Gasteiger partial charge in [0.1, 0.15) is 18.3 Å². The number of nitrogens with zero attached hydrogens (tertiary/aromatic N) is 4. The van der Waals surface area contributed by atoms with Crippen molar-refractivity contribution in [1.29, 1.82) is 0 Å². The first kappa shape index (κ1) is 23.4. The highest BCUT2D eigenvalue weighted by molar-refractivity contribution is 7.99. The summed E-state index contributed by atoms with van der Waals surface area (Å²) in [5, 5.41) is 20.1. The van der Waals surface area contributed by atoms with Gasteiger partial charge in [0, 0.05) is 6.20 Å². The fraction of sp³-hybridized carbons (Fsp3) is 0.300. The van der Waals surface area contributed by atoms with Crippen LogP contribution in [0.25, 0.3) is 28.2 Å². The molecule has 0 amide bonds. The molecule has 14 nitrogen and oxygen atoms in total. The summed E-state index contributed by atoms with van der Waals surface area (Å²) in [6, 6.07) is 9.27. The Bertz CT molecular complexity index is 1600. The third-order valence-electron chi connectivity index (χ3n) is 5.84. The fourth-order valence-electron chi connectivity index (χ4n) is 4.27. The maximum atomic E-state index is 13.3. The first-order chi connectivity index (χ1) is 17.2. The normalized spacial score (nSPS) is 28.1. The van der Waals surface area contributed by atoms with Gasteiger partial charge in [0.2, 0.25) is 5.78 Å². The number of H-pyrrole nitrogens is 1. The molecule has 3 unspecified atom stereocenters. The smallest absolute Gasteiger partial charge is 0.313 e. The number of aliphatic hydroxyl groups excluding tert-OH is 1. The van der Waals surface area contributed by atoms with Gasteiger partial charge < -0.3 is 33.9 Å². The predicted molar refractivity (Wildman–Crippen MR) is 121 cm³/mol. The highest BCUT2D eigenvalue weighted by Gasteiger charge is 2.51. The minimum Gasteiger partial charge on any atom is -0.756 e. The summed E-state index contributed by atoms with van der Waals surface area (Å²) < 4.78 is 29.8. The number of phosphoric ester groups is 1. The Labute approximate surface area is 205 Å². The van der Waals surface area contributed by atoms with Crippen molar-refractivity contribution in [2.75, 3.05) is 12.4 Å². The first-order valence-electron chi connectivity index (χ1n) is 10.6. The van der Waals surface area contributed by atoms with Crippen LogP contribution < -0.4 is 10.5 Å². The lowest BCUT2D eigenvalue weighted by Crippen LogP contribution is -2.41. The molecular formula is C20H17N5O9PS-. The van der Waals surface area contributed by atoms with Crippen LogP contribution in [-0.4, -0.2) is 70.8 Å². The maximum absolute atomic E-state index is 13.3. The molecule has 16 heteroatoms. The molecule has 2 fully saturated rings. The van der Waals surface area contributed by atoms with Crippen LogP contribution in [0.5, 0.6) is 0 Å². The molecule has 0 radical (unpaired) electrons. The molecule has 6 rings (SSSR count).